The Balaban J connectivity index is 2.19. The molecule has 4 heteroatoms. The summed E-state index contributed by atoms with van der Waals surface area (Å²) in [4.78, 5) is 6.92. The quantitative estimate of drug-likeness (QED) is 0.840. The van der Waals surface area contributed by atoms with Crippen molar-refractivity contribution >= 4 is 5.95 Å². The maximum Gasteiger partial charge on any atom is 0.205 e. The summed E-state index contributed by atoms with van der Waals surface area (Å²) in [5.41, 5.74) is 7.04. The second-order valence-corrected chi connectivity index (χ2v) is 5.22. The molecule has 0 spiro atoms. The van der Waals surface area contributed by atoms with Gasteiger partial charge in [0.25, 0.3) is 0 Å². The minimum atomic E-state index is 0.310. The molecule has 0 saturated carbocycles. The highest BCUT2D eigenvalue weighted by atomic mass is 15.3. The van der Waals surface area contributed by atoms with E-state index in [-0.39, 0.29) is 0 Å². The van der Waals surface area contributed by atoms with E-state index in [2.05, 4.69) is 41.4 Å². The van der Waals surface area contributed by atoms with Gasteiger partial charge in [-0.15, -0.1) is 0 Å². The number of aryl methyl sites for hydroxylation is 1. The van der Waals surface area contributed by atoms with Crippen LogP contribution in [0.1, 0.15) is 26.0 Å². The number of imidazole rings is 1. The van der Waals surface area contributed by atoms with E-state index in [1.165, 1.54) is 0 Å². The maximum atomic E-state index is 5.94. The first-order valence-corrected chi connectivity index (χ1v) is 6.10. The summed E-state index contributed by atoms with van der Waals surface area (Å²) in [7, 11) is 0. The molecular formula is C12H22N4. The van der Waals surface area contributed by atoms with Crippen molar-refractivity contribution in [3.63, 3.8) is 0 Å². The van der Waals surface area contributed by atoms with Gasteiger partial charge in [-0.25, -0.2) is 4.98 Å². The third kappa shape index (κ3) is 2.38. The van der Waals surface area contributed by atoms with Crippen LogP contribution in [0, 0.1) is 12.8 Å². The lowest BCUT2D eigenvalue weighted by atomic mass is 10.2. The van der Waals surface area contributed by atoms with E-state index in [4.69, 9.17) is 5.73 Å². The highest BCUT2D eigenvalue weighted by molar-refractivity contribution is 5.35. The number of nitrogens with zero attached hydrogens (tertiary/aromatic N) is 3. The first-order valence-electron chi connectivity index (χ1n) is 6.10. The molecule has 0 aliphatic carbocycles. The Bertz CT molecular complexity index is 356. The van der Waals surface area contributed by atoms with Gasteiger partial charge in [0.1, 0.15) is 0 Å². The number of hydrogen-bond donors (Lipinski definition) is 1. The zero-order valence-electron chi connectivity index (χ0n) is 10.5. The van der Waals surface area contributed by atoms with Crippen molar-refractivity contribution in [2.45, 2.75) is 39.8 Å². The van der Waals surface area contributed by atoms with Crippen LogP contribution in [0.2, 0.25) is 0 Å². The fourth-order valence-electron chi connectivity index (χ4n) is 2.28. The average molecular weight is 222 g/mol. The van der Waals surface area contributed by atoms with Crippen LogP contribution in [0.25, 0.3) is 0 Å². The van der Waals surface area contributed by atoms with Crippen LogP contribution >= 0.6 is 0 Å². The predicted octanol–water partition coefficient (Wildman–Crippen LogP) is 1.38. The zero-order chi connectivity index (χ0) is 11.7. The molecule has 0 aromatic carbocycles. The molecule has 2 rings (SSSR count). The molecule has 1 aromatic heterocycles. The van der Waals surface area contributed by atoms with Crippen LogP contribution in [-0.2, 0) is 6.54 Å². The summed E-state index contributed by atoms with van der Waals surface area (Å²) in [5.74, 6) is 1.74. The average Bonchev–Trinajstić information content (AvgIpc) is 2.72. The maximum absolute atomic E-state index is 5.94. The molecular weight excluding hydrogens is 200 g/mol. The molecule has 1 atom stereocenters. The topological polar surface area (TPSA) is 47.1 Å². The number of rotatable bonds is 3. The van der Waals surface area contributed by atoms with Gasteiger partial charge in [0.15, 0.2) is 0 Å². The van der Waals surface area contributed by atoms with Crippen molar-refractivity contribution in [2.24, 2.45) is 11.7 Å². The van der Waals surface area contributed by atoms with Crippen molar-refractivity contribution in [1.82, 2.24) is 9.55 Å². The van der Waals surface area contributed by atoms with E-state index in [0.717, 1.165) is 37.7 Å². The molecule has 4 nitrogen and oxygen atoms in total. The summed E-state index contributed by atoms with van der Waals surface area (Å²) < 4.78 is 2.26. The minimum Gasteiger partial charge on any atom is -0.341 e. The van der Waals surface area contributed by atoms with E-state index in [1.54, 1.807) is 0 Å². The summed E-state index contributed by atoms with van der Waals surface area (Å²) in [5, 5.41) is 0. The van der Waals surface area contributed by atoms with E-state index in [0.29, 0.717) is 12.0 Å². The Morgan fingerprint density at radius 3 is 2.88 bits per heavy atom. The van der Waals surface area contributed by atoms with Crippen molar-refractivity contribution < 1.29 is 0 Å². The number of anilines is 1. The SMILES string of the molecule is Cc1cn(CC(C)C)c(N2CCC(N)C2)n1. The molecule has 0 radical (unpaired) electrons. The molecule has 1 aliphatic rings. The Hall–Kier alpha value is -1.03. The third-order valence-corrected chi connectivity index (χ3v) is 2.95. The van der Waals surface area contributed by atoms with E-state index >= 15 is 0 Å². The summed E-state index contributed by atoms with van der Waals surface area (Å²) >= 11 is 0. The molecule has 1 saturated heterocycles. The molecule has 1 aliphatic heterocycles. The van der Waals surface area contributed by atoms with Crippen molar-refractivity contribution in [1.29, 1.82) is 0 Å². The van der Waals surface area contributed by atoms with Crippen LogP contribution in [0.3, 0.4) is 0 Å². The van der Waals surface area contributed by atoms with Crippen LogP contribution in [0.5, 0.6) is 0 Å². The van der Waals surface area contributed by atoms with Crippen molar-refractivity contribution in [3.05, 3.63) is 11.9 Å². The lowest BCUT2D eigenvalue weighted by molar-refractivity contribution is 0.520. The standard InChI is InChI=1S/C12H22N4/c1-9(2)6-16-7-10(3)14-12(16)15-5-4-11(13)8-15/h7,9,11H,4-6,8,13H2,1-3H3. The van der Waals surface area contributed by atoms with Gasteiger partial charge in [0.05, 0.1) is 5.69 Å². The molecule has 2 N–H and O–H groups in total. The molecule has 0 amide bonds. The molecule has 1 unspecified atom stereocenters. The molecule has 2 heterocycles. The van der Waals surface area contributed by atoms with Crippen LogP contribution in [0.4, 0.5) is 5.95 Å². The monoisotopic (exact) mass is 222 g/mol. The second kappa shape index (κ2) is 4.45. The molecule has 16 heavy (non-hydrogen) atoms. The lowest BCUT2D eigenvalue weighted by Crippen LogP contribution is -2.28. The largest absolute Gasteiger partial charge is 0.341 e. The molecule has 1 fully saturated rings. The smallest absolute Gasteiger partial charge is 0.205 e. The van der Waals surface area contributed by atoms with Crippen LogP contribution in [-0.4, -0.2) is 28.7 Å². The van der Waals surface area contributed by atoms with Gasteiger partial charge >= 0.3 is 0 Å². The minimum absolute atomic E-state index is 0.310. The predicted molar refractivity (Wildman–Crippen MR) is 66.6 cm³/mol. The number of hydrogen-bond acceptors (Lipinski definition) is 3. The summed E-state index contributed by atoms with van der Waals surface area (Å²) in [6, 6.07) is 0.310. The van der Waals surface area contributed by atoms with Crippen LogP contribution in [0.15, 0.2) is 6.20 Å². The van der Waals surface area contributed by atoms with Gasteiger partial charge in [-0.05, 0) is 19.3 Å². The summed E-state index contributed by atoms with van der Waals surface area (Å²) in [6.07, 6.45) is 3.22. The van der Waals surface area contributed by atoms with E-state index in [9.17, 15) is 0 Å². The number of aromatic nitrogens is 2. The van der Waals surface area contributed by atoms with Gasteiger partial charge in [0, 0.05) is 31.9 Å². The van der Waals surface area contributed by atoms with Crippen molar-refractivity contribution in [2.75, 3.05) is 18.0 Å². The fourth-order valence-corrected chi connectivity index (χ4v) is 2.28. The highest BCUT2D eigenvalue weighted by Gasteiger charge is 2.23. The van der Waals surface area contributed by atoms with Gasteiger partial charge in [0.2, 0.25) is 5.95 Å². The Labute approximate surface area is 97.4 Å². The van der Waals surface area contributed by atoms with Gasteiger partial charge < -0.3 is 15.2 Å². The van der Waals surface area contributed by atoms with E-state index in [1.807, 2.05) is 0 Å². The first-order chi connectivity index (χ1) is 7.56. The first kappa shape index (κ1) is 11.5. The molecule has 0 bridgehead atoms. The Morgan fingerprint density at radius 1 is 1.56 bits per heavy atom. The van der Waals surface area contributed by atoms with Gasteiger partial charge in [-0.1, -0.05) is 13.8 Å². The van der Waals surface area contributed by atoms with Crippen molar-refractivity contribution in [3.8, 4) is 0 Å². The van der Waals surface area contributed by atoms with Crippen LogP contribution < -0.4 is 10.6 Å². The van der Waals surface area contributed by atoms with Gasteiger partial charge in [-0.2, -0.15) is 0 Å². The molecule has 90 valence electrons. The Kier molecular flexibility index (Phi) is 3.19. The fraction of sp³-hybridized carbons (Fsp3) is 0.750. The normalized spacial score (nSPS) is 21.1. The van der Waals surface area contributed by atoms with E-state index < -0.39 is 0 Å². The Morgan fingerprint density at radius 2 is 2.31 bits per heavy atom. The second-order valence-electron chi connectivity index (χ2n) is 5.22. The zero-order valence-corrected chi connectivity index (χ0v) is 10.5. The highest BCUT2D eigenvalue weighted by Crippen LogP contribution is 2.20. The molecule has 1 aromatic rings. The lowest BCUT2D eigenvalue weighted by Gasteiger charge is -2.19. The van der Waals surface area contributed by atoms with Gasteiger partial charge in [-0.3, -0.25) is 0 Å². The summed E-state index contributed by atoms with van der Waals surface area (Å²) in [6.45, 7) is 9.52. The third-order valence-electron chi connectivity index (χ3n) is 2.95. The number of nitrogens with two attached hydrogens (primary N) is 1.